The van der Waals surface area contributed by atoms with Gasteiger partial charge in [0.2, 0.25) is 0 Å². The maximum absolute atomic E-state index is 6.38. The number of alkyl halides is 1. The van der Waals surface area contributed by atoms with Gasteiger partial charge < -0.3 is 4.57 Å². The summed E-state index contributed by atoms with van der Waals surface area (Å²) in [5, 5.41) is 0.351. The second-order valence-corrected chi connectivity index (χ2v) is 6.65. The summed E-state index contributed by atoms with van der Waals surface area (Å²) in [5.41, 5.74) is 2.40. The molecule has 2 aromatic rings. The zero-order valence-electron chi connectivity index (χ0n) is 12.3. The molecule has 0 N–H and O–H groups in total. The maximum atomic E-state index is 6.38. The molecule has 0 amide bonds. The van der Waals surface area contributed by atoms with E-state index in [4.69, 9.17) is 16.6 Å². The van der Waals surface area contributed by atoms with E-state index >= 15 is 0 Å². The summed E-state index contributed by atoms with van der Waals surface area (Å²) in [5.74, 6) is 2.53. The van der Waals surface area contributed by atoms with Gasteiger partial charge in [-0.2, -0.15) is 0 Å². The van der Waals surface area contributed by atoms with Gasteiger partial charge in [-0.1, -0.05) is 26.0 Å². The fourth-order valence-electron chi connectivity index (χ4n) is 3.47. The standard InChI is InChI=1S/C17H23ClN2/c1-3-10-20-16-7-5-4-6-15(16)19-17(20)11-13-8-9-14(18)12(13)2/h4-7,12-14H,3,8-11H2,1-2H3. The SMILES string of the molecule is CCCn1c(CC2CCC(Cl)C2C)nc2ccccc21. The lowest BCUT2D eigenvalue weighted by Gasteiger charge is -2.17. The molecule has 3 heteroatoms. The summed E-state index contributed by atoms with van der Waals surface area (Å²) >= 11 is 6.38. The summed E-state index contributed by atoms with van der Waals surface area (Å²) in [6, 6.07) is 8.48. The first-order valence-electron chi connectivity index (χ1n) is 7.79. The molecule has 108 valence electrons. The Balaban J connectivity index is 1.92. The van der Waals surface area contributed by atoms with E-state index in [2.05, 4.69) is 42.7 Å². The van der Waals surface area contributed by atoms with E-state index in [1.807, 2.05) is 0 Å². The number of nitrogens with zero attached hydrogens (tertiary/aromatic N) is 2. The molecular weight excluding hydrogens is 268 g/mol. The van der Waals surface area contributed by atoms with E-state index < -0.39 is 0 Å². The van der Waals surface area contributed by atoms with Crippen molar-refractivity contribution in [2.24, 2.45) is 11.8 Å². The van der Waals surface area contributed by atoms with Gasteiger partial charge in [-0.25, -0.2) is 4.98 Å². The highest BCUT2D eigenvalue weighted by Crippen LogP contribution is 2.37. The predicted octanol–water partition coefficient (Wildman–Crippen LogP) is 4.64. The van der Waals surface area contributed by atoms with Gasteiger partial charge in [-0.05, 0) is 43.2 Å². The van der Waals surface area contributed by atoms with E-state index in [1.165, 1.54) is 17.8 Å². The van der Waals surface area contributed by atoms with Crippen molar-refractivity contribution in [1.29, 1.82) is 0 Å². The molecule has 0 aliphatic heterocycles. The zero-order valence-corrected chi connectivity index (χ0v) is 13.1. The first kappa shape index (κ1) is 13.9. The average Bonchev–Trinajstić information content (AvgIpc) is 2.95. The van der Waals surface area contributed by atoms with Gasteiger partial charge in [0.15, 0.2) is 0 Å². The van der Waals surface area contributed by atoms with Gasteiger partial charge in [0, 0.05) is 18.3 Å². The number of aromatic nitrogens is 2. The third kappa shape index (κ3) is 2.46. The molecule has 2 nitrogen and oxygen atoms in total. The number of hydrogen-bond acceptors (Lipinski definition) is 1. The predicted molar refractivity (Wildman–Crippen MR) is 85.3 cm³/mol. The Morgan fingerprint density at radius 3 is 2.80 bits per heavy atom. The zero-order chi connectivity index (χ0) is 14.1. The van der Waals surface area contributed by atoms with Crippen molar-refractivity contribution < 1.29 is 0 Å². The summed E-state index contributed by atoms with van der Waals surface area (Å²) in [6.45, 7) is 5.58. The molecule has 1 aromatic carbocycles. The molecule has 1 aliphatic rings. The highest BCUT2D eigenvalue weighted by atomic mass is 35.5. The van der Waals surface area contributed by atoms with Gasteiger partial charge in [0.1, 0.15) is 5.82 Å². The van der Waals surface area contributed by atoms with Gasteiger partial charge in [-0.15, -0.1) is 11.6 Å². The normalized spacial score (nSPS) is 26.4. The Labute approximate surface area is 126 Å². The molecule has 3 atom stereocenters. The Hall–Kier alpha value is -1.02. The second-order valence-electron chi connectivity index (χ2n) is 6.09. The van der Waals surface area contributed by atoms with Crippen molar-refractivity contribution >= 4 is 22.6 Å². The Bertz CT molecular complexity index is 590. The van der Waals surface area contributed by atoms with Crippen LogP contribution in [-0.4, -0.2) is 14.9 Å². The molecule has 0 radical (unpaired) electrons. The maximum Gasteiger partial charge on any atom is 0.110 e. The van der Waals surface area contributed by atoms with Crippen LogP contribution in [-0.2, 0) is 13.0 Å². The van der Waals surface area contributed by atoms with E-state index in [-0.39, 0.29) is 0 Å². The van der Waals surface area contributed by atoms with Crippen molar-refractivity contribution in [2.45, 2.75) is 51.5 Å². The number of aryl methyl sites for hydroxylation is 1. The summed E-state index contributed by atoms with van der Waals surface area (Å²) in [7, 11) is 0. The largest absolute Gasteiger partial charge is 0.328 e. The Morgan fingerprint density at radius 2 is 2.10 bits per heavy atom. The minimum atomic E-state index is 0.351. The van der Waals surface area contributed by atoms with Gasteiger partial charge in [-0.3, -0.25) is 0 Å². The fourth-order valence-corrected chi connectivity index (χ4v) is 3.80. The van der Waals surface area contributed by atoms with Crippen LogP contribution in [0.25, 0.3) is 11.0 Å². The summed E-state index contributed by atoms with van der Waals surface area (Å²) in [6.07, 6.45) is 4.61. The number of benzene rings is 1. The highest BCUT2D eigenvalue weighted by Gasteiger charge is 2.32. The Kier molecular flexibility index (Phi) is 4.02. The minimum Gasteiger partial charge on any atom is -0.328 e. The van der Waals surface area contributed by atoms with Gasteiger partial charge >= 0.3 is 0 Å². The number of imidazole rings is 1. The monoisotopic (exact) mass is 290 g/mol. The van der Waals surface area contributed by atoms with Crippen molar-refractivity contribution in [3.63, 3.8) is 0 Å². The number of rotatable bonds is 4. The fraction of sp³-hybridized carbons (Fsp3) is 0.588. The molecule has 0 spiro atoms. The van der Waals surface area contributed by atoms with E-state index in [9.17, 15) is 0 Å². The number of para-hydroxylation sites is 2. The van der Waals surface area contributed by atoms with Crippen LogP contribution in [0.1, 0.15) is 38.9 Å². The molecule has 3 unspecified atom stereocenters. The molecule has 20 heavy (non-hydrogen) atoms. The lowest BCUT2D eigenvalue weighted by atomic mass is 9.94. The molecule has 0 bridgehead atoms. The number of hydrogen-bond donors (Lipinski definition) is 0. The van der Waals surface area contributed by atoms with Crippen LogP contribution < -0.4 is 0 Å². The van der Waals surface area contributed by atoms with Crippen LogP contribution in [0.3, 0.4) is 0 Å². The van der Waals surface area contributed by atoms with Crippen LogP contribution in [0.15, 0.2) is 24.3 Å². The molecule has 3 rings (SSSR count). The van der Waals surface area contributed by atoms with Crippen LogP contribution in [0.5, 0.6) is 0 Å². The summed E-state index contributed by atoms with van der Waals surface area (Å²) < 4.78 is 2.41. The van der Waals surface area contributed by atoms with Crippen LogP contribution in [0, 0.1) is 11.8 Å². The molecule has 1 heterocycles. The lowest BCUT2D eigenvalue weighted by Crippen LogP contribution is -2.16. The minimum absolute atomic E-state index is 0.351. The van der Waals surface area contributed by atoms with Crippen molar-refractivity contribution in [2.75, 3.05) is 0 Å². The van der Waals surface area contributed by atoms with E-state index in [0.717, 1.165) is 31.3 Å². The first-order valence-corrected chi connectivity index (χ1v) is 8.22. The molecule has 1 aliphatic carbocycles. The van der Waals surface area contributed by atoms with Crippen LogP contribution in [0.2, 0.25) is 0 Å². The average molecular weight is 291 g/mol. The number of halogens is 1. The number of fused-ring (bicyclic) bond motifs is 1. The molecular formula is C17H23ClN2. The molecule has 1 aromatic heterocycles. The van der Waals surface area contributed by atoms with E-state index in [0.29, 0.717) is 17.2 Å². The highest BCUT2D eigenvalue weighted by molar-refractivity contribution is 6.20. The smallest absolute Gasteiger partial charge is 0.110 e. The molecule has 1 saturated carbocycles. The Morgan fingerprint density at radius 1 is 1.30 bits per heavy atom. The van der Waals surface area contributed by atoms with Crippen molar-refractivity contribution in [1.82, 2.24) is 9.55 Å². The molecule has 0 saturated heterocycles. The third-order valence-corrected chi connectivity index (χ3v) is 5.37. The third-order valence-electron chi connectivity index (χ3n) is 4.75. The van der Waals surface area contributed by atoms with Crippen LogP contribution in [0.4, 0.5) is 0 Å². The van der Waals surface area contributed by atoms with Gasteiger partial charge in [0.05, 0.1) is 11.0 Å². The second kappa shape index (κ2) is 5.77. The van der Waals surface area contributed by atoms with Gasteiger partial charge in [0.25, 0.3) is 0 Å². The first-order chi connectivity index (χ1) is 9.70. The van der Waals surface area contributed by atoms with Crippen LogP contribution >= 0.6 is 11.6 Å². The quantitative estimate of drug-likeness (QED) is 0.750. The molecule has 1 fully saturated rings. The van der Waals surface area contributed by atoms with E-state index in [1.54, 1.807) is 0 Å². The van der Waals surface area contributed by atoms with Crippen molar-refractivity contribution in [3.05, 3.63) is 30.1 Å². The lowest BCUT2D eigenvalue weighted by molar-refractivity contribution is 0.405. The topological polar surface area (TPSA) is 17.8 Å². The van der Waals surface area contributed by atoms with Crippen molar-refractivity contribution in [3.8, 4) is 0 Å². The summed E-state index contributed by atoms with van der Waals surface area (Å²) in [4.78, 5) is 4.87.